The molecule has 0 radical (unpaired) electrons. The van der Waals surface area contributed by atoms with Crippen molar-refractivity contribution in [3.05, 3.63) is 64.6 Å². The highest BCUT2D eigenvalue weighted by Crippen LogP contribution is 2.21. The number of rotatable bonds is 7. The number of nitrogens with zero attached hydrogens (tertiary/aromatic N) is 1. The Morgan fingerprint density at radius 3 is 2.32 bits per heavy atom. The van der Waals surface area contributed by atoms with Gasteiger partial charge in [-0.2, -0.15) is 0 Å². The first-order valence-corrected chi connectivity index (χ1v) is 9.92. The maximum absolute atomic E-state index is 6.30. The van der Waals surface area contributed by atoms with Crippen LogP contribution in [0, 0.1) is 5.92 Å². The van der Waals surface area contributed by atoms with E-state index >= 15 is 0 Å². The first kappa shape index (κ1) is 19.8. The van der Waals surface area contributed by atoms with Crippen LogP contribution in [0.25, 0.3) is 5.70 Å². The van der Waals surface area contributed by atoms with Gasteiger partial charge in [0.15, 0.2) is 0 Å². The summed E-state index contributed by atoms with van der Waals surface area (Å²) >= 11 is 4.68. The van der Waals surface area contributed by atoms with Crippen LogP contribution in [-0.2, 0) is 0 Å². The van der Waals surface area contributed by atoms with Crippen molar-refractivity contribution in [2.45, 2.75) is 31.6 Å². The standard InChI is InChI=1S/C20H24BrN3S/c1-14(2)3-8-18(24-17-9-11-19(25-23)12-10-17)13-20(22)15-4-6-16(21)7-5-15/h4-7,9-14H,3,8,22-23H2,1-2H3/b20-13-,24-18?. The second-order valence-corrected chi connectivity index (χ2v) is 7.88. The van der Waals surface area contributed by atoms with Crippen molar-refractivity contribution in [2.75, 3.05) is 0 Å². The normalized spacial score (nSPS) is 12.7. The largest absolute Gasteiger partial charge is 0.398 e. The Morgan fingerprint density at radius 2 is 1.76 bits per heavy atom. The Morgan fingerprint density at radius 1 is 1.12 bits per heavy atom. The van der Waals surface area contributed by atoms with Crippen molar-refractivity contribution in [2.24, 2.45) is 21.8 Å². The minimum atomic E-state index is 0.614. The van der Waals surface area contributed by atoms with Crippen molar-refractivity contribution in [1.29, 1.82) is 0 Å². The number of aliphatic imine (C=N–C) groups is 1. The highest BCUT2D eigenvalue weighted by molar-refractivity contribution is 9.10. The molecule has 0 saturated carbocycles. The van der Waals surface area contributed by atoms with E-state index in [0.717, 1.165) is 44.9 Å². The molecule has 2 aromatic rings. The summed E-state index contributed by atoms with van der Waals surface area (Å²) in [5, 5.41) is 5.57. The minimum Gasteiger partial charge on any atom is -0.398 e. The fourth-order valence-electron chi connectivity index (χ4n) is 2.27. The molecule has 5 heteroatoms. The molecule has 0 saturated heterocycles. The van der Waals surface area contributed by atoms with Gasteiger partial charge in [-0.25, -0.2) is 0 Å². The Bertz CT molecular complexity index is 735. The van der Waals surface area contributed by atoms with Gasteiger partial charge in [0.05, 0.1) is 5.69 Å². The van der Waals surface area contributed by atoms with Crippen LogP contribution in [-0.4, -0.2) is 5.71 Å². The molecule has 0 spiro atoms. The van der Waals surface area contributed by atoms with Crippen LogP contribution in [0.1, 0.15) is 32.3 Å². The predicted octanol–water partition coefficient (Wildman–Crippen LogP) is 5.92. The Balaban J connectivity index is 2.28. The van der Waals surface area contributed by atoms with Gasteiger partial charge in [-0.05, 0) is 78.7 Å². The van der Waals surface area contributed by atoms with E-state index in [1.165, 1.54) is 11.9 Å². The van der Waals surface area contributed by atoms with E-state index in [4.69, 9.17) is 15.9 Å². The molecular weight excluding hydrogens is 394 g/mol. The lowest BCUT2D eigenvalue weighted by molar-refractivity contribution is 0.604. The lowest BCUT2D eigenvalue weighted by Crippen LogP contribution is -2.03. The van der Waals surface area contributed by atoms with Crippen LogP contribution in [0.2, 0.25) is 0 Å². The molecular formula is C20H24BrN3S. The summed E-state index contributed by atoms with van der Waals surface area (Å²) in [6.45, 7) is 4.43. The average molecular weight is 418 g/mol. The Labute approximate surface area is 162 Å². The number of nitrogens with two attached hydrogens (primary N) is 2. The lowest BCUT2D eigenvalue weighted by atomic mass is 10.0. The van der Waals surface area contributed by atoms with Crippen molar-refractivity contribution in [1.82, 2.24) is 0 Å². The van der Waals surface area contributed by atoms with Crippen LogP contribution in [0.15, 0.2) is 69.0 Å². The first-order valence-electron chi connectivity index (χ1n) is 8.25. The highest BCUT2D eigenvalue weighted by Gasteiger charge is 2.04. The summed E-state index contributed by atoms with van der Waals surface area (Å²) in [5.41, 5.74) is 9.92. The second kappa shape index (κ2) is 9.80. The van der Waals surface area contributed by atoms with Crippen LogP contribution < -0.4 is 10.9 Å². The number of benzene rings is 2. The number of allylic oxidation sites excluding steroid dienone is 1. The van der Waals surface area contributed by atoms with E-state index in [2.05, 4.69) is 29.8 Å². The van der Waals surface area contributed by atoms with Crippen molar-refractivity contribution < 1.29 is 0 Å². The molecule has 0 unspecified atom stereocenters. The zero-order chi connectivity index (χ0) is 18.2. The van der Waals surface area contributed by atoms with Gasteiger partial charge in [0.25, 0.3) is 0 Å². The van der Waals surface area contributed by atoms with Crippen molar-refractivity contribution in [3.8, 4) is 0 Å². The fourth-order valence-corrected chi connectivity index (χ4v) is 2.82. The fraction of sp³-hybridized carbons (Fsp3) is 0.250. The molecule has 0 aliphatic rings. The van der Waals surface area contributed by atoms with Gasteiger partial charge in [-0.3, -0.25) is 10.1 Å². The van der Waals surface area contributed by atoms with E-state index in [9.17, 15) is 0 Å². The van der Waals surface area contributed by atoms with E-state index in [0.29, 0.717) is 5.92 Å². The summed E-state index contributed by atoms with van der Waals surface area (Å²) < 4.78 is 1.04. The molecule has 0 bridgehead atoms. The van der Waals surface area contributed by atoms with Crippen LogP contribution >= 0.6 is 27.9 Å². The Hall–Kier alpha value is -1.56. The molecule has 0 fully saturated rings. The lowest BCUT2D eigenvalue weighted by Gasteiger charge is -2.08. The third-order valence-corrected chi connectivity index (χ3v) is 4.80. The molecule has 0 heterocycles. The smallest absolute Gasteiger partial charge is 0.0633 e. The molecule has 0 aliphatic carbocycles. The molecule has 132 valence electrons. The number of hydrogen-bond donors (Lipinski definition) is 2. The maximum atomic E-state index is 6.30. The summed E-state index contributed by atoms with van der Waals surface area (Å²) in [4.78, 5) is 5.81. The summed E-state index contributed by atoms with van der Waals surface area (Å²) in [5.74, 6) is 0.614. The first-order chi connectivity index (χ1) is 12.0. The van der Waals surface area contributed by atoms with Crippen LogP contribution in [0.3, 0.4) is 0 Å². The quantitative estimate of drug-likeness (QED) is 0.433. The van der Waals surface area contributed by atoms with E-state index < -0.39 is 0 Å². The van der Waals surface area contributed by atoms with E-state index in [-0.39, 0.29) is 0 Å². The van der Waals surface area contributed by atoms with Gasteiger partial charge in [0.1, 0.15) is 0 Å². The van der Waals surface area contributed by atoms with Gasteiger partial charge in [0.2, 0.25) is 0 Å². The summed E-state index contributed by atoms with van der Waals surface area (Å²) in [6, 6.07) is 15.9. The van der Waals surface area contributed by atoms with Gasteiger partial charge in [-0.1, -0.05) is 41.9 Å². The minimum absolute atomic E-state index is 0.614. The molecule has 0 aromatic heterocycles. The number of halogens is 1. The topological polar surface area (TPSA) is 64.4 Å². The average Bonchev–Trinajstić information content (AvgIpc) is 2.60. The van der Waals surface area contributed by atoms with Crippen LogP contribution in [0.4, 0.5) is 5.69 Å². The zero-order valence-electron chi connectivity index (χ0n) is 14.6. The molecule has 0 amide bonds. The zero-order valence-corrected chi connectivity index (χ0v) is 17.0. The maximum Gasteiger partial charge on any atom is 0.0633 e. The van der Waals surface area contributed by atoms with Gasteiger partial charge >= 0.3 is 0 Å². The molecule has 0 atom stereocenters. The molecule has 2 rings (SSSR count). The van der Waals surface area contributed by atoms with Crippen molar-refractivity contribution in [3.63, 3.8) is 0 Å². The number of hydrogen-bond acceptors (Lipinski definition) is 4. The van der Waals surface area contributed by atoms with Crippen LogP contribution in [0.5, 0.6) is 0 Å². The second-order valence-electron chi connectivity index (χ2n) is 6.25. The molecule has 0 aliphatic heterocycles. The van der Waals surface area contributed by atoms with Crippen molar-refractivity contribution >= 4 is 45.0 Å². The Kier molecular flexibility index (Phi) is 7.75. The summed E-state index contributed by atoms with van der Waals surface area (Å²) in [6.07, 6.45) is 3.94. The SMILES string of the molecule is CC(C)CCC(/C=C(\N)c1ccc(Br)cc1)=Nc1ccc(SN)cc1. The highest BCUT2D eigenvalue weighted by atomic mass is 79.9. The van der Waals surface area contributed by atoms with E-state index in [1.54, 1.807) is 0 Å². The molecule has 25 heavy (non-hydrogen) atoms. The molecule has 2 aromatic carbocycles. The molecule has 3 nitrogen and oxygen atoms in total. The third kappa shape index (κ3) is 6.69. The monoisotopic (exact) mass is 417 g/mol. The van der Waals surface area contributed by atoms with E-state index in [1.807, 2.05) is 54.6 Å². The van der Waals surface area contributed by atoms with Gasteiger partial charge in [0, 0.05) is 20.8 Å². The molecule has 4 N–H and O–H groups in total. The van der Waals surface area contributed by atoms with Gasteiger partial charge < -0.3 is 5.73 Å². The predicted molar refractivity (Wildman–Crippen MR) is 114 cm³/mol. The third-order valence-electron chi connectivity index (χ3n) is 3.72. The summed E-state index contributed by atoms with van der Waals surface area (Å²) in [7, 11) is 0. The van der Waals surface area contributed by atoms with Gasteiger partial charge in [-0.15, -0.1) is 0 Å².